The second kappa shape index (κ2) is 17.7. The summed E-state index contributed by atoms with van der Waals surface area (Å²) < 4.78 is 11.6. The largest absolute Gasteiger partial charge is 0.494 e. The number of nitrogens with one attached hydrogen (secondary N) is 2. The number of unbranched alkanes of at least 4 members (excludes halogenated alkanes) is 9. The minimum atomic E-state index is -0.408. The molecule has 0 heterocycles. The van der Waals surface area contributed by atoms with Gasteiger partial charge in [-0.25, -0.2) is 0 Å². The first-order chi connectivity index (χ1) is 19.2. The molecule has 3 aromatic rings. The Morgan fingerprint density at radius 3 is 1.54 bits per heavy atom. The maximum absolute atomic E-state index is 12.4. The predicted octanol–water partition coefficient (Wildman–Crippen LogP) is 7.64. The molecular weight excluding hydrogens is 488 g/mol. The molecule has 0 aliphatic carbocycles. The number of hydrogen-bond acceptors (Lipinski definition) is 4. The molecule has 2 amide bonds. The van der Waals surface area contributed by atoms with Gasteiger partial charge in [0, 0.05) is 11.1 Å². The highest BCUT2D eigenvalue weighted by Gasteiger charge is 2.10. The van der Waals surface area contributed by atoms with Crippen molar-refractivity contribution in [3.63, 3.8) is 0 Å². The molecule has 0 unspecified atom stereocenters. The van der Waals surface area contributed by atoms with Crippen LogP contribution < -0.4 is 20.3 Å². The first-order valence-corrected chi connectivity index (χ1v) is 14.3. The molecule has 6 heteroatoms. The second-order valence-electron chi connectivity index (χ2n) is 9.76. The molecule has 3 aromatic carbocycles. The van der Waals surface area contributed by atoms with Gasteiger partial charge in [-0.3, -0.25) is 20.4 Å². The van der Waals surface area contributed by atoms with E-state index < -0.39 is 11.8 Å². The fourth-order valence-corrected chi connectivity index (χ4v) is 4.18. The summed E-state index contributed by atoms with van der Waals surface area (Å²) in [6, 6.07) is 23.6. The van der Waals surface area contributed by atoms with Gasteiger partial charge in [0.05, 0.1) is 6.61 Å². The van der Waals surface area contributed by atoms with Gasteiger partial charge in [0.1, 0.15) is 18.1 Å². The lowest BCUT2D eigenvalue weighted by atomic mass is 10.1. The highest BCUT2D eigenvalue weighted by atomic mass is 16.5. The Balaban J connectivity index is 1.28. The van der Waals surface area contributed by atoms with Crippen molar-refractivity contribution in [2.24, 2.45) is 0 Å². The number of benzene rings is 3. The third kappa shape index (κ3) is 11.6. The van der Waals surface area contributed by atoms with Crippen molar-refractivity contribution in [1.82, 2.24) is 10.9 Å². The molecule has 0 saturated carbocycles. The molecule has 208 valence electrons. The average molecular weight is 531 g/mol. The number of carbonyl (C=O) groups excluding carboxylic acids is 2. The van der Waals surface area contributed by atoms with Crippen LogP contribution in [0.25, 0.3) is 0 Å². The van der Waals surface area contributed by atoms with Crippen LogP contribution in [0.5, 0.6) is 11.5 Å². The molecule has 6 nitrogen and oxygen atoms in total. The summed E-state index contributed by atoms with van der Waals surface area (Å²) in [7, 11) is 0. The summed E-state index contributed by atoms with van der Waals surface area (Å²) in [5, 5.41) is 0. The molecule has 0 fully saturated rings. The van der Waals surface area contributed by atoms with E-state index in [1.807, 2.05) is 30.3 Å². The van der Waals surface area contributed by atoms with E-state index in [0.717, 1.165) is 17.7 Å². The highest BCUT2D eigenvalue weighted by Crippen LogP contribution is 2.16. The van der Waals surface area contributed by atoms with Gasteiger partial charge in [-0.2, -0.15) is 0 Å². The number of ether oxygens (including phenoxy) is 2. The lowest BCUT2D eigenvalue weighted by molar-refractivity contribution is 0.0846. The van der Waals surface area contributed by atoms with Crippen LogP contribution >= 0.6 is 0 Å². The van der Waals surface area contributed by atoms with Gasteiger partial charge in [-0.05, 0) is 60.5 Å². The van der Waals surface area contributed by atoms with Crippen molar-refractivity contribution >= 4 is 11.8 Å². The summed E-state index contributed by atoms with van der Waals surface area (Å²) in [4.78, 5) is 24.9. The van der Waals surface area contributed by atoms with Crippen molar-refractivity contribution in [2.45, 2.75) is 77.7 Å². The number of hydrazine groups is 1. The maximum Gasteiger partial charge on any atom is 0.269 e. The van der Waals surface area contributed by atoms with Crippen LogP contribution in [0.2, 0.25) is 0 Å². The monoisotopic (exact) mass is 530 g/mol. The molecule has 3 rings (SSSR count). The molecule has 0 aliphatic rings. The zero-order valence-electron chi connectivity index (χ0n) is 23.1. The summed E-state index contributed by atoms with van der Waals surface area (Å²) in [5.41, 5.74) is 6.83. The van der Waals surface area contributed by atoms with Crippen LogP contribution in [0.15, 0.2) is 78.9 Å². The fraction of sp³-hybridized carbons (Fsp3) is 0.394. The smallest absolute Gasteiger partial charge is 0.269 e. The predicted molar refractivity (Wildman–Crippen MR) is 156 cm³/mol. The van der Waals surface area contributed by atoms with Crippen molar-refractivity contribution in [3.05, 3.63) is 95.6 Å². The van der Waals surface area contributed by atoms with Crippen LogP contribution in [0, 0.1) is 0 Å². The van der Waals surface area contributed by atoms with E-state index in [1.165, 1.54) is 57.8 Å². The van der Waals surface area contributed by atoms with Crippen LogP contribution in [0.1, 0.15) is 97.4 Å². The first kappa shape index (κ1) is 29.8. The van der Waals surface area contributed by atoms with Crippen LogP contribution in [0.4, 0.5) is 0 Å². The third-order valence-corrected chi connectivity index (χ3v) is 6.54. The Morgan fingerprint density at radius 1 is 0.564 bits per heavy atom. The number of hydrogen-bond donors (Lipinski definition) is 2. The Labute approximate surface area is 233 Å². The lowest BCUT2D eigenvalue weighted by Gasteiger charge is -2.10. The summed E-state index contributed by atoms with van der Waals surface area (Å²) >= 11 is 0. The van der Waals surface area contributed by atoms with E-state index >= 15 is 0 Å². The Bertz CT molecular complexity index is 1100. The standard InChI is InChI=1S/C33H42N2O4/c1-2-3-4-5-6-7-8-9-10-14-25-38-30-21-17-28(18-22-30)32(36)34-35-33(37)29-19-23-31(24-20-29)39-26-27-15-12-11-13-16-27/h11-13,15-24H,2-10,14,25-26H2,1H3,(H,34,36)(H,35,37). The van der Waals surface area contributed by atoms with Crippen LogP contribution in [-0.4, -0.2) is 18.4 Å². The van der Waals surface area contributed by atoms with Crippen LogP contribution in [0.3, 0.4) is 0 Å². The summed E-state index contributed by atoms with van der Waals surface area (Å²) in [6.45, 7) is 3.38. The lowest BCUT2D eigenvalue weighted by Crippen LogP contribution is -2.41. The quantitative estimate of drug-likeness (QED) is 0.139. The highest BCUT2D eigenvalue weighted by molar-refractivity contribution is 5.99. The topological polar surface area (TPSA) is 76.7 Å². The number of carbonyl (C=O) groups is 2. The second-order valence-corrected chi connectivity index (χ2v) is 9.76. The van der Waals surface area contributed by atoms with Crippen molar-refractivity contribution < 1.29 is 19.1 Å². The van der Waals surface area contributed by atoms with Gasteiger partial charge in [0.25, 0.3) is 11.8 Å². The molecule has 0 spiro atoms. The summed E-state index contributed by atoms with van der Waals surface area (Å²) in [6.07, 6.45) is 12.9. The molecule has 0 radical (unpaired) electrons. The molecule has 2 N–H and O–H groups in total. The van der Waals surface area contributed by atoms with E-state index in [2.05, 4.69) is 17.8 Å². The van der Waals surface area contributed by atoms with Crippen LogP contribution in [-0.2, 0) is 6.61 Å². The van der Waals surface area contributed by atoms with Gasteiger partial charge in [0.15, 0.2) is 0 Å². The van der Waals surface area contributed by atoms with E-state index in [9.17, 15) is 9.59 Å². The fourth-order valence-electron chi connectivity index (χ4n) is 4.18. The summed E-state index contributed by atoms with van der Waals surface area (Å²) in [5.74, 6) is 0.595. The first-order valence-electron chi connectivity index (χ1n) is 14.3. The average Bonchev–Trinajstić information content (AvgIpc) is 2.98. The van der Waals surface area contributed by atoms with E-state index in [-0.39, 0.29) is 0 Å². The normalized spacial score (nSPS) is 10.6. The molecule has 0 atom stereocenters. The zero-order valence-corrected chi connectivity index (χ0v) is 23.1. The van der Waals surface area contributed by atoms with E-state index in [4.69, 9.17) is 9.47 Å². The van der Waals surface area contributed by atoms with Crippen molar-refractivity contribution in [2.75, 3.05) is 6.61 Å². The Morgan fingerprint density at radius 2 is 1.03 bits per heavy atom. The maximum atomic E-state index is 12.4. The van der Waals surface area contributed by atoms with Gasteiger partial charge in [0.2, 0.25) is 0 Å². The number of rotatable bonds is 17. The number of amides is 2. The van der Waals surface area contributed by atoms with E-state index in [1.54, 1.807) is 48.5 Å². The zero-order chi connectivity index (χ0) is 27.5. The van der Waals surface area contributed by atoms with Crippen molar-refractivity contribution in [1.29, 1.82) is 0 Å². The molecule has 0 aromatic heterocycles. The molecule has 0 aliphatic heterocycles. The third-order valence-electron chi connectivity index (χ3n) is 6.54. The molecule has 39 heavy (non-hydrogen) atoms. The Hall–Kier alpha value is -3.80. The molecule has 0 bridgehead atoms. The van der Waals surface area contributed by atoms with Gasteiger partial charge in [-0.1, -0.05) is 95.0 Å². The SMILES string of the molecule is CCCCCCCCCCCCOc1ccc(C(=O)NNC(=O)c2ccc(OCc3ccccc3)cc2)cc1. The minimum absolute atomic E-state index is 0.396. The minimum Gasteiger partial charge on any atom is -0.494 e. The molecule has 0 saturated heterocycles. The van der Waals surface area contributed by atoms with Gasteiger partial charge >= 0.3 is 0 Å². The van der Waals surface area contributed by atoms with E-state index in [0.29, 0.717) is 30.1 Å². The van der Waals surface area contributed by atoms with Gasteiger partial charge < -0.3 is 9.47 Å². The van der Waals surface area contributed by atoms with Gasteiger partial charge in [-0.15, -0.1) is 0 Å². The Kier molecular flexibility index (Phi) is 13.5. The molecular formula is C33H42N2O4. The van der Waals surface area contributed by atoms with Crippen molar-refractivity contribution in [3.8, 4) is 11.5 Å².